The number of para-hydroxylation sites is 1. The number of benzene rings is 1. The van der Waals surface area contributed by atoms with Gasteiger partial charge in [0.15, 0.2) is 6.23 Å². The summed E-state index contributed by atoms with van der Waals surface area (Å²) in [4.78, 5) is 38.5. The number of nitrogens with one attached hydrogen (secondary N) is 2. The van der Waals surface area contributed by atoms with Gasteiger partial charge in [-0.25, -0.2) is 9.36 Å². The third kappa shape index (κ3) is 6.09. The summed E-state index contributed by atoms with van der Waals surface area (Å²) >= 11 is 0. The molecule has 14 heteroatoms. The van der Waals surface area contributed by atoms with Crippen LogP contribution in [0.2, 0.25) is 0 Å². The van der Waals surface area contributed by atoms with Crippen molar-refractivity contribution in [3.05, 3.63) is 63.4 Å². The largest absolute Gasteiger partial charge is 0.462 e. The quantitative estimate of drug-likeness (QED) is 0.288. The first-order chi connectivity index (χ1) is 17.9. The van der Waals surface area contributed by atoms with E-state index >= 15 is 0 Å². The number of rotatable bonds is 10. The molecule has 2 aliphatic rings. The van der Waals surface area contributed by atoms with Gasteiger partial charge >= 0.3 is 19.4 Å². The fraction of sp³-hybridized carbons (Fsp3) is 0.542. The van der Waals surface area contributed by atoms with Crippen molar-refractivity contribution in [3.8, 4) is 5.75 Å². The molecule has 38 heavy (non-hydrogen) atoms. The number of hydrogen-bond acceptors (Lipinski definition) is 10. The molecular formula is C24H32N3O10P. The number of hydrogen-bond donors (Lipinski definition) is 3. The van der Waals surface area contributed by atoms with E-state index in [0.29, 0.717) is 0 Å². The molecule has 2 aliphatic heterocycles. The number of nitrogens with zero attached hydrogens (tertiary/aromatic N) is 1. The van der Waals surface area contributed by atoms with Crippen molar-refractivity contribution in [2.45, 2.75) is 76.4 Å². The monoisotopic (exact) mass is 553 g/mol. The number of esters is 1. The van der Waals surface area contributed by atoms with E-state index in [2.05, 4.69) is 10.1 Å². The Morgan fingerprint density at radius 2 is 1.97 bits per heavy atom. The van der Waals surface area contributed by atoms with E-state index in [1.165, 1.54) is 13.1 Å². The van der Waals surface area contributed by atoms with Gasteiger partial charge in [-0.05, 0) is 39.8 Å². The predicted octanol–water partition coefficient (Wildman–Crippen LogP) is 1.48. The van der Waals surface area contributed by atoms with Gasteiger partial charge in [-0.15, -0.1) is 0 Å². The first kappa shape index (κ1) is 28.2. The Bertz CT molecular complexity index is 1300. The van der Waals surface area contributed by atoms with Crippen molar-refractivity contribution in [1.29, 1.82) is 0 Å². The van der Waals surface area contributed by atoms with Crippen LogP contribution in [0.15, 0.2) is 52.2 Å². The maximum absolute atomic E-state index is 13.9. The van der Waals surface area contributed by atoms with E-state index < -0.39 is 73.9 Å². The molecule has 1 aromatic carbocycles. The maximum Gasteiger partial charge on any atom is 0.459 e. The second-order valence-corrected chi connectivity index (χ2v) is 11.4. The van der Waals surface area contributed by atoms with Crippen LogP contribution in [0.1, 0.15) is 40.3 Å². The minimum absolute atomic E-state index is 0.134. The average Bonchev–Trinajstić information content (AvgIpc) is 2.99. The smallest absolute Gasteiger partial charge is 0.459 e. The average molecular weight is 554 g/mol. The lowest BCUT2D eigenvalue weighted by Gasteiger charge is -2.39. The maximum atomic E-state index is 13.9. The summed E-state index contributed by atoms with van der Waals surface area (Å²) < 4.78 is 43.7. The molecule has 0 amide bonds. The topological polar surface area (TPSA) is 167 Å². The minimum Gasteiger partial charge on any atom is -0.462 e. The standard InChI is InChI=1S/C24H32N3O10P/c1-14(2)34-22(30)16(4)26-38(32,37-17-8-6-5-7-9-17)33-13-24-12-15(3)35-19(20(24)29)21(36-24)27-11-10-18(28)25-23(27)31/h5-11,14-16,19-21,29H,12-13H2,1-4H3,(H,26,32)(H,25,28,31)/t15-,16-,19?,20?,21+,24+,38+/m0/s1. The van der Waals surface area contributed by atoms with E-state index in [0.717, 1.165) is 10.6 Å². The molecule has 7 atom stereocenters. The molecule has 2 unspecified atom stereocenters. The fourth-order valence-corrected chi connectivity index (χ4v) is 6.04. The summed E-state index contributed by atoms with van der Waals surface area (Å²) in [6, 6.07) is 8.33. The van der Waals surface area contributed by atoms with Crippen LogP contribution in [-0.4, -0.2) is 63.3 Å². The van der Waals surface area contributed by atoms with Crippen LogP contribution in [-0.2, 0) is 28.1 Å². The van der Waals surface area contributed by atoms with Crippen LogP contribution in [0.4, 0.5) is 0 Å². The number of aromatic nitrogens is 2. The first-order valence-corrected chi connectivity index (χ1v) is 13.8. The van der Waals surface area contributed by atoms with Crippen LogP contribution in [0.25, 0.3) is 0 Å². The summed E-state index contributed by atoms with van der Waals surface area (Å²) in [5.74, 6) is -0.442. The van der Waals surface area contributed by atoms with E-state index in [4.69, 9.17) is 23.3 Å². The lowest BCUT2D eigenvalue weighted by molar-refractivity contribution is -0.158. The second kappa shape index (κ2) is 11.1. The van der Waals surface area contributed by atoms with Gasteiger partial charge in [-0.3, -0.25) is 23.7 Å². The number of carbonyl (C=O) groups is 1. The van der Waals surface area contributed by atoms with Gasteiger partial charge in [0.25, 0.3) is 5.56 Å². The molecule has 0 saturated carbocycles. The Morgan fingerprint density at radius 3 is 2.63 bits per heavy atom. The van der Waals surface area contributed by atoms with Crippen LogP contribution < -0.4 is 20.9 Å². The van der Waals surface area contributed by atoms with Crippen LogP contribution in [0.5, 0.6) is 5.75 Å². The SMILES string of the molecule is CC(C)OC(=O)[C@H](C)N[P@@](=O)(OC[C@]12C[C@H](C)OC(C1O)[C@H](n1ccc(=O)[nH]c1=O)O2)Oc1ccccc1. The summed E-state index contributed by atoms with van der Waals surface area (Å²) in [6.45, 7) is 6.16. The van der Waals surface area contributed by atoms with Gasteiger partial charge in [-0.2, -0.15) is 5.09 Å². The number of aliphatic hydroxyl groups is 1. The van der Waals surface area contributed by atoms with E-state index in [1.807, 2.05) is 0 Å². The number of aliphatic hydroxyl groups excluding tert-OH is 1. The molecule has 2 saturated heterocycles. The Kier molecular flexibility index (Phi) is 8.26. The molecule has 2 fully saturated rings. The molecule has 0 radical (unpaired) electrons. The van der Waals surface area contributed by atoms with Crippen molar-refractivity contribution in [2.24, 2.45) is 0 Å². The summed E-state index contributed by atoms with van der Waals surface area (Å²) in [5, 5.41) is 13.8. The van der Waals surface area contributed by atoms with Gasteiger partial charge in [0.2, 0.25) is 0 Å². The number of H-pyrrole nitrogens is 1. The molecule has 0 spiro atoms. The highest BCUT2D eigenvalue weighted by Crippen LogP contribution is 2.51. The lowest BCUT2D eigenvalue weighted by atomic mass is 9.87. The molecule has 3 N–H and O–H groups in total. The molecule has 2 aromatic rings. The highest BCUT2D eigenvalue weighted by atomic mass is 31.2. The molecule has 1 aromatic heterocycles. The third-order valence-corrected chi connectivity index (χ3v) is 7.76. The van der Waals surface area contributed by atoms with Crippen LogP contribution in [0.3, 0.4) is 0 Å². The summed E-state index contributed by atoms with van der Waals surface area (Å²) in [5.41, 5.74) is -2.77. The molecule has 0 aliphatic carbocycles. The van der Waals surface area contributed by atoms with E-state index in [-0.39, 0.29) is 12.2 Å². The molecule has 3 heterocycles. The van der Waals surface area contributed by atoms with Crippen molar-refractivity contribution in [2.75, 3.05) is 6.61 Å². The molecule has 208 valence electrons. The molecule has 4 rings (SSSR count). The number of aromatic amines is 1. The molecule has 13 nitrogen and oxygen atoms in total. The van der Waals surface area contributed by atoms with Crippen LogP contribution in [0, 0.1) is 0 Å². The normalized spacial score (nSPS) is 29.0. The van der Waals surface area contributed by atoms with Crippen LogP contribution >= 0.6 is 7.75 Å². The van der Waals surface area contributed by atoms with Gasteiger partial charge in [0, 0.05) is 18.7 Å². The fourth-order valence-electron chi connectivity index (χ4n) is 4.50. The van der Waals surface area contributed by atoms with Gasteiger partial charge in [-0.1, -0.05) is 18.2 Å². The zero-order chi connectivity index (χ0) is 27.7. The number of fused-ring (bicyclic) bond motifs is 2. The first-order valence-electron chi connectivity index (χ1n) is 12.2. The van der Waals surface area contributed by atoms with Crippen molar-refractivity contribution < 1.29 is 37.7 Å². The van der Waals surface area contributed by atoms with Crippen molar-refractivity contribution in [3.63, 3.8) is 0 Å². The summed E-state index contributed by atoms with van der Waals surface area (Å²) in [7, 11) is -4.25. The second-order valence-electron chi connectivity index (χ2n) is 9.66. The number of carbonyl (C=O) groups excluding carboxylic acids is 1. The summed E-state index contributed by atoms with van der Waals surface area (Å²) in [6.07, 6.45) is -2.78. The van der Waals surface area contributed by atoms with Gasteiger partial charge in [0.05, 0.1) is 18.8 Å². The molecule has 2 bridgehead atoms. The van der Waals surface area contributed by atoms with Crippen molar-refractivity contribution in [1.82, 2.24) is 14.6 Å². The lowest BCUT2D eigenvalue weighted by Crippen LogP contribution is -2.54. The Hall–Kier alpha value is -2.80. The van der Waals surface area contributed by atoms with Gasteiger partial charge in [0.1, 0.15) is 29.6 Å². The van der Waals surface area contributed by atoms with E-state index in [9.17, 15) is 24.1 Å². The zero-order valence-electron chi connectivity index (χ0n) is 21.4. The highest BCUT2D eigenvalue weighted by molar-refractivity contribution is 7.52. The highest BCUT2D eigenvalue weighted by Gasteiger charge is 2.61. The predicted molar refractivity (Wildman–Crippen MR) is 134 cm³/mol. The Labute approximate surface area is 218 Å². The third-order valence-electron chi connectivity index (χ3n) is 6.14. The van der Waals surface area contributed by atoms with Crippen molar-refractivity contribution >= 4 is 13.7 Å². The molecular weight excluding hydrogens is 521 g/mol. The minimum atomic E-state index is -4.25. The Morgan fingerprint density at radius 1 is 1.26 bits per heavy atom. The van der Waals surface area contributed by atoms with E-state index in [1.54, 1.807) is 51.1 Å². The number of ether oxygens (including phenoxy) is 3. The zero-order valence-corrected chi connectivity index (χ0v) is 22.3. The Balaban J connectivity index is 1.60. The van der Waals surface area contributed by atoms with Gasteiger partial charge < -0.3 is 23.8 Å².